The van der Waals surface area contributed by atoms with E-state index in [-0.39, 0.29) is 24.9 Å². The van der Waals surface area contributed by atoms with Gasteiger partial charge in [-0.2, -0.15) is 0 Å². The molecular formula is C16H13Cl3N2O2. The summed E-state index contributed by atoms with van der Waals surface area (Å²) in [6.07, 6.45) is 0. The van der Waals surface area contributed by atoms with Gasteiger partial charge in [0.25, 0.3) is 11.8 Å². The first-order valence-electron chi connectivity index (χ1n) is 6.75. The van der Waals surface area contributed by atoms with Crippen LogP contribution in [0.1, 0.15) is 20.7 Å². The first-order valence-corrected chi connectivity index (χ1v) is 7.88. The van der Waals surface area contributed by atoms with E-state index in [2.05, 4.69) is 10.6 Å². The average molecular weight is 372 g/mol. The third-order valence-electron chi connectivity index (χ3n) is 3.00. The lowest BCUT2D eigenvalue weighted by Gasteiger charge is -2.08. The Balaban J connectivity index is 1.81. The highest BCUT2D eigenvalue weighted by Gasteiger charge is 2.10. The Morgan fingerprint density at radius 1 is 0.783 bits per heavy atom. The second-order valence-electron chi connectivity index (χ2n) is 4.62. The Bertz CT molecular complexity index is 735. The van der Waals surface area contributed by atoms with E-state index in [9.17, 15) is 9.59 Å². The van der Waals surface area contributed by atoms with Gasteiger partial charge in [-0.05, 0) is 30.3 Å². The molecule has 0 fully saturated rings. The van der Waals surface area contributed by atoms with E-state index < -0.39 is 0 Å². The van der Waals surface area contributed by atoms with Gasteiger partial charge in [-0.1, -0.05) is 46.9 Å². The van der Waals surface area contributed by atoms with Gasteiger partial charge < -0.3 is 10.6 Å². The summed E-state index contributed by atoms with van der Waals surface area (Å²) in [7, 11) is 0. The van der Waals surface area contributed by atoms with Crippen LogP contribution in [0.15, 0.2) is 42.5 Å². The smallest absolute Gasteiger partial charge is 0.252 e. The van der Waals surface area contributed by atoms with Crippen LogP contribution >= 0.6 is 34.8 Å². The van der Waals surface area contributed by atoms with Crippen molar-refractivity contribution in [3.63, 3.8) is 0 Å². The van der Waals surface area contributed by atoms with E-state index >= 15 is 0 Å². The molecule has 0 radical (unpaired) electrons. The van der Waals surface area contributed by atoms with E-state index in [1.165, 1.54) is 6.07 Å². The predicted molar refractivity (Wildman–Crippen MR) is 92.6 cm³/mol. The molecule has 0 aromatic heterocycles. The number of nitrogens with one attached hydrogen (secondary N) is 2. The molecule has 0 aliphatic heterocycles. The van der Waals surface area contributed by atoms with Crippen molar-refractivity contribution < 1.29 is 9.59 Å². The van der Waals surface area contributed by atoms with E-state index in [4.69, 9.17) is 34.8 Å². The van der Waals surface area contributed by atoms with Crippen LogP contribution in [-0.2, 0) is 0 Å². The van der Waals surface area contributed by atoms with Crippen molar-refractivity contribution in [3.8, 4) is 0 Å². The molecule has 2 aromatic rings. The molecule has 4 nitrogen and oxygen atoms in total. The number of carbonyl (C=O) groups excluding carboxylic acids is 2. The van der Waals surface area contributed by atoms with E-state index in [1.807, 2.05) is 0 Å². The van der Waals surface area contributed by atoms with Crippen LogP contribution in [0.5, 0.6) is 0 Å². The van der Waals surface area contributed by atoms with Gasteiger partial charge >= 0.3 is 0 Å². The molecule has 23 heavy (non-hydrogen) atoms. The van der Waals surface area contributed by atoms with Crippen molar-refractivity contribution in [1.29, 1.82) is 0 Å². The monoisotopic (exact) mass is 370 g/mol. The molecule has 0 unspecified atom stereocenters. The number of benzene rings is 2. The van der Waals surface area contributed by atoms with Crippen LogP contribution < -0.4 is 10.6 Å². The lowest BCUT2D eigenvalue weighted by molar-refractivity contribution is 0.0927. The summed E-state index contributed by atoms with van der Waals surface area (Å²) in [4.78, 5) is 23.9. The Morgan fingerprint density at radius 3 is 2.09 bits per heavy atom. The summed E-state index contributed by atoms with van der Waals surface area (Å²) in [5.41, 5.74) is 0.793. The minimum absolute atomic E-state index is 0.273. The lowest BCUT2D eigenvalue weighted by Crippen LogP contribution is -2.34. The largest absolute Gasteiger partial charge is 0.350 e. The van der Waals surface area contributed by atoms with E-state index in [0.717, 1.165) is 0 Å². The van der Waals surface area contributed by atoms with E-state index in [0.29, 0.717) is 26.2 Å². The van der Waals surface area contributed by atoms with Crippen LogP contribution in [0.25, 0.3) is 0 Å². The first kappa shape index (κ1) is 17.6. The van der Waals surface area contributed by atoms with Gasteiger partial charge in [0.2, 0.25) is 0 Å². The van der Waals surface area contributed by atoms with Crippen molar-refractivity contribution in [1.82, 2.24) is 10.6 Å². The fraction of sp³-hybridized carbons (Fsp3) is 0.125. The lowest BCUT2D eigenvalue weighted by atomic mass is 10.2. The molecule has 0 atom stereocenters. The number of hydrogen-bond acceptors (Lipinski definition) is 2. The van der Waals surface area contributed by atoms with Gasteiger partial charge in [0, 0.05) is 18.7 Å². The number of halogens is 3. The SMILES string of the molecule is O=C(NCCNC(=O)c1ccccc1Cl)c1ccc(Cl)c(Cl)c1. The molecule has 120 valence electrons. The molecule has 0 bridgehead atoms. The topological polar surface area (TPSA) is 58.2 Å². The van der Waals surface area contributed by atoms with Crippen LogP contribution in [0.4, 0.5) is 0 Å². The third-order valence-corrected chi connectivity index (χ3v) is 4.07. The summed E-state index contributed by atoms with van der Waals surface area (Å²) < 4.78 is 0. The second-order valence-corrected chi connectivity index (χ2v) is 5.84. The van der Waals surface area contributed by atoms with Gasteiger partial charge in [-0.15, -0.1) is 0 Å². The third kappa shape index (κ3) is 4.86. The maximum atomic E-state index is 11.9. The zero-order chi connectivity index (χ0) is 16.8. The Morgan fingerprint density at radius 2 is 1.43 bits per heavy atom. The van der Waals surface area contributed by atoms with Crippen LogP contribution in [0.2, 0.25) is 15.1 Å². The molecule has 2 rings (SSSR count). The van der Waals surface area contributed by atoms with Crippen molar-refractivity contribution >= 4 is 46.6 Å². The Labute approximate surface area is 148 Å². The summed E-state index contributed by atoms with van der Waals surface area (Å²) in [6, 6.07) is 11.4. The highest BCUT2D eigenvalue weighted by molar-refractivity contribution is 6.42. The van der Waals surface area contributed by atoms with Crippen molar-refractivity contribution in [3.05, 3.63) is 68.7 Å². The average Bonchev–Trinajstić information content (AvgIpc) is 2.54. The maximum absolute atomic E-state index is 11.9. The summed E-state index contributed by atoms with van der Waals surface area (Å²) in [5, 5.41) is 6.44. The molecule has 0 spiro atoms. The van der Waals surface area contributed by atoms with Gasteiger partial charge in [0.1, 0.15) is 0 Å². The molecule has 0 aliphatic rings. The van der Waals surface area contributed by atoms with Crippen LogP contribution in [0, 0.1) is 0 Å². The molecule has 2 amide bonds. The fourth-order valence-electron chi connectivity index (χ4n) is 1.83. The molecule has 0 aliphatic carbocycles. The zero-order valence-electron chi connectivity index (χ0n) is 11.9. The van der Waals surface area contributed by atoms with Gasteiger partial charge in [0.15, 0.2) is 0 Å². The molecule has 2 N–H and O–H groups in total. The molecule has 0 saturated heterocycles. The highest BCUT2D eigenvalue weighted by atomic mass is 35.5. The van der Waals surface area contributed by atoms with Gasteiger partial charge in [-0.25, -0.2) is 0 Å². The minimum atomic E-state index is -0.296. The number of carbonyl (C=O) groups is 2. The van der Waals surface area contributed by atoms with Crippen molar-refractivity contribution in [2.75, 3.05) is 13.1 Å². The fourth-order valence-corrected chi connectivity index (χ4v) is 2.35. The summed E-state index contributed by atoms with van der Waals surface area (Å²) in [6.45, 7) is 0.548. The van der Waals surface area contributed by atoms with Crippen molar-refractivity contribution in [2.45, 2.75) is 0 Å². The zero-order valence-corrected chi connectivity index (χ0v) is 14.2. The number of amides is 2. The van der Waals surface area contributed by atoms with Gasteiger partial charge in [0.05, 0.1) is 20.6 Å². The number of rotatable bonds is 5. The maximum Gasteiger partial charge on any atom is 0.252 e. The van der Waals surface area contributed by atoms with Crippen molar-refractivity contribution in [2.24, 2.45) is 0 Å². The Kier molecular flexibility index (Phi) is 6.28. The number of hydrogen-bond donors (Lipinski definition) is 2. The predicted octanol–water partition coefficient (Wildman–Crippen LogP) is 3.81. The highest BCUT2D eigenvalue weighted by Crippen LogP contribution is 2.22. The molecular weight excluding hydrogens is 359 g/mol. The van der Waals surface area contributed by atoms with E-state index in [1.54, 1.807) is 36.4 Å². The quantitative estimate of drug-likeness (QED) is 0.785. The standard InChI is InChI=1S/C16H13Cl3N2O2/c17-12-4-2-1-3-11(12)16(23)21-8-7-20-15(22)10-5-6-13(18)14(19)9-10/h1-6,9H,7-8H2,(H,20,22)(H,21,23). The minimum Gasteiger partial charge on any atom is -0.350 e. The Hall–Kier alpha value is -1.75. The second kappa shape index (κ2) is 8.20. The molecule has 2 aromatic carbocycles. The summed E-state index contributed by atoms with van der Waals surface area (Å²) >= 11 is 17.6. The van der Waals surface area contributed by atoms with Crippen LogP contribution in [0.3, 0.4) is 0 Å². The van der Waals surface area contributed by atoms with Gasteiger partial charge in [-0.3, -0.25) is 9.59 Å². The molecule has 7 heteroatoms. The normalized spacial score (nSPS) is 10.2. The first-order chi connectivity index (χ1) is 11.0. The molecule has 0 saturated carbocycles. The summed E-state index contributed by atoms with van der Waals surface area (Å²) in [5.74, 6) is -0.588. The van der Waals surface area contributed by atoms with Crippen LogP contribution in [-0.4, -0.2) is 24.9 Å². The molecule has 0 heterocycles.